The molecular weight excluding hydrogens is 366 g/mol. The standard InChI is InChI=1S/C18H19N5O3S/c1-18(2,3)16-19-8-12(9-20-16)21-14(24)7-11-10-27-17(22-11)23-15(25)13-5-4-6-26-13/h4-6,8-10H,7H2,1-3H3,(H,21,24)(H,22,23,25). The number of hydrogen-bond acceptors (Lipinski definition) is 7. The lowest BCUT2D eigenvalue weighted by Gasteiger charge is -2.16. The summed E-state index contributed by atoms with van der Waals surface area (Å²) < 4.78 is 5.02. The first-order valence-electron chi connectivity index (χ1n) is 8.23. The molecule has 2 amide bonds. The Bertz CT molecular complexity index is 927. The average Bonchev–Trinajstić information content (AvgIpc) is 3.26. The van der Waals surface area contributed by atoms with Crippen molar-refractivity contribution in [2.24, 2.45) is 0 Å². The Hall–Kier alpha value is -3.07. The monoisotopic (exact) mass is 385 g/mol. The summed E-state index contributed by atoms with van der Waals surface area (Å²) in [4.78, 5) is 36.9. The largest absolute Gasteiger partial charge is 0.459 e. The highest BCUT2D eigenvalue weighted by molar-refractivity contribution is 7.14. The van der Waals surface area contributed by atoms with E-state index in [4.69, 9.17) is 4.42 Å². The predicted molar refractivity (Wildman–Crippen MR) is 102 cm³/mol. The summed E-state index contributed by atoms with van der Waals surface area (Å²) in [5.41, 5.74) is 0.925. The third-order valence-electron chi connectivity index (χ3n) is 3.47. The zero-order valence-electron chi connectivity index (χ0n) is 15.1. The van der Waals surface area contributed by atoms with E-state index in [0.717, 1.165) is 0 Å². The van der Waals surface area contributed by atoms with Crippen LogP contribution in [0.3, 0.4) is 0 Å². The summed E-state index contributed by atoms with van der Waals surface area (Å²) in [7, 11) is 0. The minimum absolute atomic E-state index is 0.0775. The van der Waals surface area contributed by atoms with Crippen LogP contribution in [0.15, 0.2) is 40.6 Å². The van der Waals surface area contributed by atoms with Gasteiger partial charge < -0.3 is 9.73 Å². The molecule has 3 heterocycles. The van der Waals surface area contributed by atoms with Crippen LogP contribution in [0, 0.1) is 0 Å². The van der Waals surface area contributed by atoms with Gasteiger partial charge in [0.25, 0.3) is 5.91 Å². The molecule has 0 saturated carbocycles. The number of thiazole rings is 1. The fourth-order valence-electron chi connectivity index (χ4n) is 2.16. The van der Waals surface area contributed by atoms with E-state index in [1.807, 2.05) is 20.8 Å². The molecule has 0 bridgehead atoms. The number of nitrogens with one attached hydrogen (secondary N) is 2. The molecule has 0 radical (unpaired) electrons. The van der Waals surface area contributed by atoms with Gasteiger partial charge in [-0.05, 0) is 12.1 Å². The van der Waals surface area contributed by atoms with Crippen LogP contribution in [0.1, 0.15) is 42.8 Å². The molecular formula is C18H19N5O3S. The Morgan fingerprint density at radius 3 is 2.56 bits per heavy atom. The summed E-state index contributed by atoms with van der Waals surface area (Å²) in [6.45, 7) is 6.06. The molecule has 0 fully saturated rings. The molecule has 0 spiro atoms. The SMILES string of the molecule is CC(C)(C)c1ncc(NC(=O)Cc2csc(NC(=O)c3ccco3)n2)cn1. The summed E-state index contributed by atoms with van der Waals surface area (Å²) in [5, 5.41) is 7.49. The van der Waals surface area contributed by atoms with E-state index in [0.29, 0.717) is 22.3 Å². The molecule has 0 aromatic carbocycles. The van der Waals surface area contributed by atoms with Crippen LogP contribution in [-0.4, -0.2) is 26.8 Å². The van der Waals surface area contributed by atoms with Gasteiger partial charge in [-0.1, -0.05) is 20.8 Å². The smallest absolute Gasteiger partial charge is 0.293 e. The molecule has 140 valence electrons. The molecule has 27 heavy (non-hydrogen) atoms. The maximum Gasteiger partial charge on any atom is 0.293 e. The molecule has 0 aliphatic heterocycles. The van der Waals surface area contributed by atoms with E-state index >= 15 is 0 Å². The fourth-order valence-corrected chi connectivity index (χ4v) is 2.87. The van der Waals surface area contributed by atoms with Crippen LogP contribution in [0.5, 0.6) is 0 Å². The lowest BCUT2D eigenvalue weighted by Crippen LogP contribution is -2.18. The minimum atomic E-state index is -0.388. The van der Waals surface area contributed by atoms with Gasteiger partial charge in [0.15, 0.2) is 10.9 Å². The quantitative estimate of drug-likeness (QED) is 0.697. The molecule has 0 unspecified atom stereocenters. The lowest BCUT2D eigenvalue weighted by molar-refractivity contribution is -0.115. The van der Waals surface area contributed by atoms with Crippen LogP contribution in [-0.2, 0) is 16.6 Å². The normalized spacial score (nSPS) is 11.2. The maximum absolute atomic E-state index is 12.2. The molecule has 0 aliphatic carbocycles. The van der Waals surface area contributed by atoms with Gasteiger partial charge >= 0.3 is 0 Å². The van der Waals surface area contributed by atoms with E-state index in [1.54, 1.807) is 29.9 Å². The Morgan fingerprint density at radius 2 is 1.93 bits per heavy atom. The van der Waals surface area contributed by atoms with Crippen molar-refractivity contribution in [3.63, 3.8) is 0 Å². The molecule has 9 heteroatoms. The van der Waals surface area contributed by atoms with Crippen molar-refractivity contribution < 1.29 is 14.0 Å². The number of anilines is 2. The zero-order valence-corrected chi connectivity index (χ0v) is 16.0. The summed E-state index contributed by atoms with van der Waals surface area (Å²) in [6, 6.07) is 3.19. The van der Waals surface area contributed by atoms with Crippen molar-refractivity contribution in [1.29, 1.82) is 0 Å². The number of carbonyl (C=O) groups is 2. The van der Waals surface area contributed by atoms with Gasteiger partial charge in [0.2, 0.25) is 5.91 Å². The Balaban J connectivity index is 1.55. The van der Waals surface area contributed by atoms with E-state index < -0.39 is 0 Å². The third-order valence-corrected chi connectivity index (χ3v) is 4.27. The van der Waals surface area contributed by atoms with Gasteiger partial charge in [0, 0.05) is 10.8 Å². The molecule has 3 rings (SSSR count). The van der Waals surface area contributed by atoms with Gasteiger partial charge in [-0.2, -0.15) is 0 Å². The van der Waals surface area contributed by atoms with Crippen LogP contribution in [0.2, 0.25) is 0 Å². The minimum Gasteiger partial charge on any atom is -0.459 e. The second-order valence-corrected chi connectivity index (χ2v) is 7.70. The number of aromatic nitrogens is 3. The van der Waals surface area contributed by atoms with Gasteiger partial charge in [0.1, 0.15) is 5.82 Å². The Kier molecular flexibility index (Phi) is 5.31. The molecule has 8 nitrogen and oxygen atoms in total. The van der Waals surface area contributed by atoms with Crippen LogP contribution >= 0.6 is 11.3 Å². The summed E-state index contributed by atoms with van der Waals surface area (Å²) in [6.07, 6.45) is 4.67. The molecule has 3 aromatic rings. The van der Waals surface area contributed by atoms with Crippen molar-refractivity contribution in [1.82, 2.24) is 15.0 Å². The first-order chi connectivity index (χ1) is 12.8. The van der Waals surface area contributed by atoms with E-state index in [2.05, 4.69) is 25.6 Å². The highest BCUT2D eigenvalue weighted by atomic mass is 32.1. The second-order valence-electron chi connectivity index (χ2n) is 6.85. The molecule has 3 aromatic heterocycles. The maximum atomic E-state index is 12.2. The molecule has 0 aliphatic rings. The first-order valence-corrected chi connectivity index (χ1v) is 9.11. The molecule has 2 N–H and O–H groups in total. The fraction of sp³-hybridized carbons (Fsp3) is 0.278. The Labute approximate surface area is 160 Å². The van der Waals surface area contributed by atoms with Crippen molar-refractivity contribution in [3.8, 4) is 0 Å². The topological polar surface area (TPSA) is 110 Å². The van der Waals surface area contributed by atoms with Crippen LogP contribution in [0.4, 0.5) is 10.8 Å². The number of nitrogens with zero attached hydrogens (tertiary/aromatic N) is 3. The second kappa shape index (κ2) is 7.67. The van der Waals surface area contributed by atoms with E-state index in [1.165, 1.54) is 17.6 Å². The first kappa shape index (κ1) is 18.7. The number of carbonyl (C=O) groups excluding carboxylic acids is 2. The predicted octanol–water partition coefficient (Wildman–Crippen LogP) is 3.26. The number of hydrogen-bond donors (Lipinski definition) is 2. The zero-order chi connectivity index (χ0) is 19.4. The lowest BCUT2D eigenvalue weighted by atomic mass is 9.96. The van der Waals surface area contributed by atoms with Gasteiger partial charge in [-0.25, -0.2) is 15.0 Å². The van der Waals surface area contributed by atoms with E-state index in [9.17, 15) is 9.59 Å². The average molecular weight is 385 g/mol. The van der Waals surface area contributed by atoms with Gasteiger partial charge in [0.05, 0.1) is 36.5 Å². The summed E-state index contributed by atoms with van der Waals surface area (Å²) in [5.74, 6) is 0.276. The number of amides is 2. The van der Waals surface area contributed by atoms with Crippen molar-refractivity contribution in [2.75, 3.05) is 10.6 Å². The number of furan rings is 1. The van der Waals surface area contributed by atoms with E-state index in [-0.39, 0.29) is 29.4 Å². The summed E-state index contributed by atoms with van der Waals surface area (Å²) >= 11 is 1.24. The van der Waals surface area contributed by atoms with Crippen LogP contribution < -0.4 is 10.6 Å². The highest BCUT2D eigenvalue weighted by Gasteiger charge is 2.17. The molecule has 0 atom stereocenters. The number of rotatable bonds is 5. The van der Waals surface area contributed by atoms with Crippen molar-refractivity contribution >= 4 is 34.0 Å². The third kappa shape index (κ3) is 4.98. The Morgan fingerprint density at radius 1 is 1.19 bits per heavy atom. The van der Waals surface area contributed by atoms with Crippen LogP contribution in [0.25, 0.3) is 0 Å². The molecule has 0 saturated heterocycles. The van der Waals surface area contributed by atoms with Gasteiger partial charge in [-0.15, -0.1) is 11.3 Å². The van der Waals surface area contributed by atoms with Crippen molar-refractivity contribution in [3.05, 3.63) is 53.4 Å². The highest BCUT2D eigenvalue weighted by Crippen LogP contribution is 2.19. The van der Waals surface area contributed by atoms with Gasteiger partial charge in [-0.3, -0.25) is 14.9 Å². The van der Waals surface area contributed by atoms with Crippen molar-refractivity contribution in [2.45, 2.75) is 32.6 Å².